The molecule has 1 fully saturated rings. The predicted octanol–water partition coefficient (Wildman–Crippen LogP) is 1.20. The summed E-state index contributed by atoms with van der Waals surface area (Å²) < 4.78 is 12.1. The summed E-state index contributed by atoms with van der Waals surface area (Å²) >= 11 is 0. The molecule has 28 heavy (non-hydrogen) atoms. The van der Waals surface area contributed by atoms with Crippen LogP contribution in [0.15, 0.2) is 29.4 Å². The largest absolute Gasteiger partial charge is 0.461 e. The van der Waals surface area contributed by atoms with Crippen molar-refractivity contribution in [1.29, 1.82) is 0 Å². The smallest absolute Gasteiger partial charge is 0.364 e. The van der Waals surface area contributed by atoms with Crippen molar-refractivity contribution in [3.63, 3.8) is 0 Å². The number of carbonyl (C=O) groups excluding carboxylic acids is 2. The zero-order valence-electron chi connectivity index (χ0n) is 16.1. The lowest BCUT2D eigenvalue weighted by Gasteiger charge is -2.27. The van der Waals surface area contributed by atoms with Gasteiger partial charge in [-0.25, -0.2) is 9.78 Å². The summed E-state index contributed by atoms with van der Waals surface area (Å²) in [6.45, 7) is 6.09. The van der Waals surface area contributed by atoms with E-state index >= 15 is 0 Å². The van der Waals surface area contributed by atoms with Crippen LogP contribution in [0.4, 0.5) is 0 Å². The number of morpholine rings is 1. The van der Waals surface area contributed by atoms with E-state index in [0.717, 1.165) is 5.52 Å². The summed E-state index contributed by atoms with van der Waals surface area (Å²) in [4.78, 5) is 36.7. The lowest BCUT2D eigenvalue weighted by molar-refractivity contribution is -0.136. The maximum Gasteiger partial charge on any atom is 0.364 e. The molecule has 1 aliphatic rings. The number of hydrogen-bond acceptors (Lipinski definition) is 7. The molecule has 9 nitrogen and oxygen atoms in total. The molecular weight excluding hydrogens is 364 g/mol. The Morgan fingerprint density at radius 1 is 1.18 bits per heavy atom. The molecule has 0 radical (unpaired) electrons. The molecule has 0 N–H and O–H groups in total. The van der Waals surface area contributed by atoms with Crippen LogP contribution in [0, 0.1) is 0 Å². The number of imidazole rings is 1. The predicted molar refractivity (Wildman–Crippen MR) is 102 cm³/mol. The van der Waals surface area contributed by atoms with Crippen LogP contribution in [0.25, 0.3) is 11.0 Å². The van der Waals surface area contributed by atoms with E-state index in [4.69, 9.17) is 14.3 Å². The van der Waals surface area contributed by atoms with E-state index in [1.54, 1.807) is 23.3 Å². The highest BCUT2D eigenvalue weighted by Crippen LogP contribution is 2.18. The number of carbonyl (C=O) groups is 2. The highest BCUT2D eigenvalue weighted by molar-refractivity contribution is 6.42. The SMILES string of the molecule is CCO/N=C(\C(=O)OCC)c1nc2ccccc2n1CC(=O)N1CCOCC1. The highest BCUT2D eigenvalue weighted by Gasteiger charge is 2.27. The molecule has 0 saturated carbocycles. The van der Waals surface area contributed by atoms with E-state index in [1.165, 1.54) is 0 Å². The van der Waals surface area contributed by atoms with Crippen LogP contribution in [0.2, 0.25) is 0 Å². The quantitative estimate of drug-likeness (QED) is 0.402. The van der Waals surface area contributed by atoms with Crippen molar-refractivity contribution < 1.29 is 23.9 Å². The molecule has 2 aromatic rings. The fourth-order valence-corrected chi connectivity index (χ4v) is 2.96. The minimum Gasteiger partial charge on any atom is -0.461 e. The monoisotopic (exact) mass is 388 g/mol. The first-order chi connectivity index (χ1) is 13.7. The molecular formula is C19H24N4O5. The van der Waals surface area contributed by atoms with Crippen molar-refractivity contribution in [2.45, 2.75) is 20.4 Å². The van der Waals surface area contributed by atoms with Gasteiger partial charge in [0.2, 0.25) is 11.6 Å². The molecule has 3 rings (SSSR count). The molecule has 1 amide bonds. The first kappa shape index (κ1) is 19.8. The van der Waals surface area contributed by atoms with E-state index in [1.807, 2.05) is 24.3 Å². The second kappa shape index (κ2) is 9.32. The Labute approximate surface area is 162 Å². The number of para-hydroxylation sites is 2. The molecule has 150 valence electrons. The fourth-order valence-electron chi connectivity index (χ4n) is 2.96. The third-order valence-electron chi connectivity index (χ3n) is 4.28. The van der Waals surface area contributed by atoms with Crippen molar-refractivity contribution in [2.75, 3.05) is 39.5 Å². The fraction of sp³-hybridized carbons (Fsp3) is 0.474. The summed E-state index contributed by atoms with van der Waals surface area (Å²) in [5, 5.41) is 3.92. The average molecular weight is 388 g/mol. The Balaban J connectivity index is 2.01. The number of aromatic nitrogens is 2. The van der Waals surface area contributed by atoms with Gasteiger partial charge in [0, 0.05) is 13.1 Å². The Hall–Kier alpha value is -2.94. The Kier molecular flexibility index (Phi) is 6.59. The van der Waals surface area contributed by atoms with E-state index in [9.17, 15) is 9.59 Å². The summed E-state index contributed by atoms with van der Waals surface area (Å²) in [7, 11) is 0. The molecule has 9 heteroatoms. The first-order valence-electron chi connectivity index (χ1n) is 9.34. The number of nitrogens with zero attached hydrogens (tertiary/aromatic N) is 4. The average Bonchev–Trinajstić information content (AvgIpc) is 3.07. The number of fused-ring (bicyclic) bond motifs is 1. The van der Waals surface area contributed by atoms with E-state index in [2.05, 4.69) is 10.1 Å². The molecule has 1 saturated heterocycles. The third-order valence-corrected chi connectivity index (χ3v) is 4.28. The van der Waals surface area contributed by atoms with Crippen LogP contribution >= 0.6 is 0 Å². The van der Waals surface area contributed by atoms with Gasteiger partial charge in [-0.1, -0.05) is 17.3 Å². The molecule has 2 heterocycles. The van der Waals surface area contributed by atoms with Crippen molar-refractivity contribution in [3.05, 3.63) is 30.1 Å². The molecule has 1 aromatic heterocycles. The molecule has 0 atom stereocenters. The van der Waals surface area contributed by atoms with Crippen molar-refractivity contribution >= 4 is 28.6 Å². The van der Waals surface area contributed by atoms with Crippen molar-refractivity contribution in [3.8, 4) is 0 Å². The standard InChI is InChI=1S/C19H24N4O5/c1-3-27-19(25)17(21-28-4-2)18-20-14-7-5-6-8-15(14)23(18)13-16(24)22-9-11-26-12-10-22/h5-8H,3-4,9-13H2,1-2H3/b21-17-. The first-order valence-corrected chi connectivity index (χ1v) is 9.34. The van der Waals surface area contributed by atoms with Crippen LogP contribution in [-0.4, -0.2) is 71.6 Å². The molecule has 0 unspecified atom stereocenters. The van der Waals surface area contributed by atoms with Crippen LogP contribution in [0.5, 0.6) is 0 Å². The number of benzene rings is 1. The van der Waals surface area contributed by atoms with Gasteiger partial charge in [-0.05, 0) is 26.0 Å². The normalized spacial score (nSPS) is 14.9. The lowest BCUT2D eigenvalue weighted by atomic mass is 10.3. The molecule has 1 aliphatic heterocycles. The van der Waals surface area contributed by atoms with Crippen LogP contribution in [-0.2, 0) is 30.4 Å². The Bertz CT molecular complexity index is 870. The second-order valence-electron chi connectivity index (χ2n) is 6.08. The van der Waals surface area contributed by atoms with Gasteiger partial charge in [0.25, 0.3) is 0 Å². The minimum atomic E-state index is -0.647. The molecule has 1 aromatic carbocycles. The van der Waals surface area contributed by atoms with Gasteiger partial charge in [0.1, 0.15) is 13.2 Å². The summed E-state index contributed by atoms with van der Waals surface area (Å²) in [6.07, 6.45) is 0. The van der Waals surface area contributed by atoms with Gasteiger partial charge in [0.05, 0.1) is 30.9 Å². The topological polar surface area (TPSA) is 95.2 Å². The number of amides is 1. The van der Waals surface area contributed by atoms with Gasteiger partial charge in [-0.2, -0.15) is 0 Å². The van der Waals surface area contributed by atoms with Crippen molar-refractivity contribution in [1.82, 2.24) is 14.5 Å². The van der Waals surface area contributed by atoms with E-state index in [0.29, 0.717) is 31.8 Å². The van der Waals surface area contributed by atoms with Gasteiger partial charge in [0.15, 0.2) is 5.82 Å². The summed E-state index contributed by atoms with van der Waals surface area (Å²) in [5.74, 6) is -0.478. The van der Waals surface area contributed by atoms with Crippen molar-refractivity contribution in [2.24, 2.45) is 5.16 Å². The Morgan fingerprint density at radius 2 is 1.93 bits per heavy atom. The number of hydrogen-bond donors (Lipinski definition) is 0. The second-order valence-corrected chi connectivity index (χ2v) is 6.08. The Morgan fingerprint density at radius 3 is 2.64 bits per heavy atom. The number of rotatable bonds is 7. The van der Waals surface area contributed by atoms with Crippen LogP contribution < -0.4 is 0 Å². The minimum absolute atomic E-state index is 0.0282. The van der Waals surface area contributed by atoms with E-state index < -0.39 is 5.97 Å². The zero-order chi connectivity index (χ0) is 19.9. The number of oxime groups is 1. The van der Waals surface area contributed by atoms with Crippen LogP contribution in [0.1, 0.15) is 19.7 Å². The van der Waals surface area contributed by atoms with Gasteiger partial charge in [-0.15, -0.1) is 0 Å². The van der Waals surface area contributed by atoms with Crippen LogP contribution in [0.3, 0.4) is 0 Å². The maximum absolute atomic E-state index is 12.8. The maximum atomic E-state index is 12.8. The van der Waals surface area contributed by atoms with Gasteiger partial charge in [-0.3, -0.25) is 4.79 Å². The zero-order valence-corrected chi connectivity index (χ0v) is 16.1. The molecule has 0 bridgehead atoms. The van der Waals surface area contributed by atoms with Gasteiger partial charge < -0.3 is 23.8 Å². The molecule has 0 aliphatic carbocycles. The molecule has 0 spiro atoms. The third kappa shape index (κ3) is 4.30. The lowest BCUT2D eigenvalue weighted by Crippen LogP contribution is -2.42. The van der Waals surface area contributed by atoms with Gasteiger partial charge >= 0.3 is 5.97 Å². The number of ether oxygens (including phenoxy) is 2. The number of esters is 1. The summed E-state index contributed by atoms with van der Waals surface area (Å²) in [6, 6.07) is 7.37. The highest BCUT2D eigenvalue weighted by atomic mass is 16.6. The summed E-state index contributed by atoms with van der Waals surface area (Å²) in [5.41, 5.74) is 1.32. The van der Waals surface area contributed by atoms with E-state index in [-0.39, 0.29) is 37.2 Å².